The maximum absolute atomic E-state index is 12.3. The van der Waals surface area contributed by atoms with E-state index < -0.39 is 6.10 Å². The fourth-order valence-corrected chi connectivity index (χ4v) is 4.27. The van der Waals surface area contributed by atoms with E-state index in [1.807, 2.05) is 37.0 Å². The number of methoxy groups -OCH3 is 1. The van der Waals surface area contributed by atoms with Crippen molar-refractivity contribution in [3.05, 3.63) is 34.0 Å². The predicted molar refractivity (Wildman–Crippen MR) is 116 cm³/mol. The Bertz CT molecular complexity index is 773. The molecule has 1 aromatic rings. The van der Waals surface area contributed by atoms with Crippen molar-refractivity contribution in [2.75, 3.05) is 13.7 Å². The van der Waals surface area contributed by atoms with Crippen molar-refractivity contribution < 1.29 is 19.4 Å². The van der Waals surface area contributed by atoms with Gasteiger partial charge in [-0.1, -0.05) is 26.0 Å². The van der Waals surface area contributed by atoms with Gasteiger partial charge < -0.3 is 14.7 Å². The number of hydrogen-bond acceptors (Lipinski definition) is 5. The highest BCUT2D eigenvalue weighted by molar-refractivity contribution is 7.13. The van der Waals surface area contributed by atoms with E-state index in [2.05, 4.69) is 11.8 Å². The highest BCUT2D eigenvalue weighted by atomic mass is 32.1. The number of carbonyl (C=O) groups is 2. The molecule has 2 heterocycles. The summed E-state index contributed by atoms with van der Waals surface area (Å²) in [6.07, 6.45) is 7.72. The second kappa shape index (κ2) is 11.8. The number of aliphatic hydroxyl groups is 1. The fourth-order valence-electron chi connectivity index (χ4n) is 3.30. The number of likely N-dealkylation sites (tertiary alicyclic amines) is 1. The number of rotatable bonds is 9. The normalized spacial score (nSPS) is 18.6. The van der Waals surface area contributed by atoms with E-state index in [1.54, 1.807) is 6.07 Å². The minimum Gasteiger partial charge on any atom is -0.465 e. The van der Waals surface area contributed by atoms with Crippen LogP contribution in [0.4, 0.5) is 0 Å². The predicted octanol–water partition coefficient (Wildman–Crippen LogP) is 3.82. The quantitative estimate of drug-likeness (QED) is 0.377. The van der Waals surface area contributed by atoms with Crippen LogP contribution in [0.5, 0.6) is 0 Å². The van der Waals surface area contributed by atoms with Crippen LogP contribution >= 0.6 is 11.3 Å². The number of aryl methyl sites for hydroxylation is 1. The lowest BCUT2D eigenvalue weighted by Crippen LogP contribution is -2.33. The first-order valence-corrected chi connectivity index (χ1v) is 11.1. The van der Waals surface area contributed by atoms with Crippen molar-refractivity contribution >= 4 is 23.2 Å². The number of nitrogens with zero attached hydrogens (tertiary/aromatic N) is 1. The summed E-state index contributed by atoms with van der Waals surface area (Å²) in [7, 11) is 1.38. The molecule has 0 radical (unpaired) electrons. The Kier molecular flexibility index (Phi) is 9.43. The molecule has 0 spiro atoms. The van der Waals surface area contributed by atoms with Crippen molar-refractivity contribution in [3.63, 3.8) is 0 Å². The monoisotopic (exact) mass is 417 g/mol. The zero-order chi connectivity index (χ0) is 21.2. The minimum atomic E-state index is -0.554. The Balaban J connectivity index is 1.85. The lowest BCUT2D eigenvalue weighted by atomic mass is 10.00. The fraction of sp³-hybridized carbons (Fsp3) is 0.565. The Labute approximate surface area is 177 Å². The van der Waals surface area contributed by atoms with Gasteiger partial charge in [0.05, 0.1) is 19.3 Å². The van der Waals surface area contributed by atoms with Crippen LogP contribution in [0.1, 0.15) is 60.5 Å². The molecule has 0 bridgehead atoms. The Hall–Kier alpha value is -2.10. The number of ether oxygens (including phenoxy) is 1. The third-order valence-electron chi connectivity index (χ3n) is 5.08. The highest BCUT2D eigenvalue weighted by Gasteiger charge is 2.28. The summed E-state index contributed by atoms with van der Waals surface area (Å²) in [4.78, 5) is 27.4. The molecule has 0 saturated carbocycles. The first-order valence-electron chi connectivity index (χ1n) is 10.2. The molecular weight excluding hydrogens is 386 g/mol. The molecule has 1 aliphatic rings. The Morgan fingerprint density at radius 3 is 2.97 bits per heavy atom. The molecular formula is C23H31NO4S. The average Bonchev–Trinajstić information content (AvgIpc) is 3.33. The summed E-state index contributed by atoms with van der Waals surface area (Å²) < 4.78 is 4.74. The maximum Gasteiger partial charge on any atom is 0.348 e. The van der Waals surface area contributed by atoms with Crippen LogP contribution in [0.2, 0.25) is 0 Å². The molecule has 6 heteroatoms. The second-order valence-corrected chi connectivity index (χ2v) is 8.49. The molecule has 1 N–H and O–H groups in total. The van der Waals surface area contributed by atoms with Gasteiger partial charge in [0, 0.05) is 30.7 Å². The van der Waals surface area contributed by atoms with Crippen molar-refractivity contribution in [1.29, 1.82) is 0 Å². The summed E-state index contributed by atoms with van der Waals surface area (Å²) >= 11 is 1.44. The summed E-state index contributed by atoms with van der Waals surface area (Å²) in [5.41, 5.74) is 0. The van der Waals surface area contributed by atoms with Gasteiger partial charge in [0.25, 0.3) is 0 Å². The molecule has 5 nitrogen and oxygen atoms in total. The van der Waals surface area contributed by atoms with Crippen LogP contribution in [-0.2, 0) is 16.0 Å². The van der Waals surface area contributed by atoms with Crippen molar-refractivity contribution in [3.8, 4) is 11.8 Å². The van der Waals surface area contributed by atoms with E-state index in [4.69, 9.17) is 4.74 Å². The third-order valence-corrected chi connectivity index (χ3v) is 6.21. The van der Waals surface area contributed by atoms with E-state index in [0.29, 0.717) is 24.3 Å². The minimum absolute atomic E-state index is 0.0417. The number of hydrogen-bond donors (Lipinski definition) is 1. The van der Waals surface area contributed by atoms with E-state index >= 15 is 0 Å². The van der Waals surface area contributed by atoms with Crippen LogP contribution in [0.15, 0.2) is 24.3 Å². The van der Waals surface area contributed by atoms with Gasteiger partial charge in [-0.15, -0.1) is 23.2 Å². The second-order valence-electron chi connectivity index (χ2n) is 7.32. The topological polar surface area (TPSA) is 66.8 Å². The molecule has 158 valence electrons. The van der Waals surface area contributed by atoms with Crippen LogP contribution in [0.3, 0.4) is 0 Å². The molecule has 1 amide bonds. The van der Waals surface area contributed by atoms with Gasteiger partial charge in [-0.25, -0.2) is 4.79 Å². The molecule has 1 aliphatic heterocycles. The molecule has 2 rings (SSSR count). The van der Waals surface area contributed by atoms with E-state index in [1.165, 1.54) is 18.4 Å². The van der Waals surface area contributed by atoms with E-state index in [0.717, 1.165) is 30.6 Å². The Morgan fingerprint density at radius 2 is 2.24 bits per heavy atom. The number of amides is 1. The lowest BCUT2D eigenvalue weighted by Gasteiger charge is -2.23. The molecule has 1 aromatic heterocycles. The zero-order valence-corrected chi connectivity index (χ0v) is 18.3. The van der Waals surface area contributed by atoms with Crippen LogP contribution in [0, 0.1) is 17.8 Å². The van der Waals surface area contributed by atoms with Gasteiger partial charge in [-0.05, 0) is 37.3 Å². The third kappa shape index (κ3) is 7.02. The number of aliphatic hydroxyl groups excluding tert-OH is 1. The van der Waals surface area contributed by atoms with Gasteiger partial charge >= 0.3 is 5.97 Å². The molecule has 1 saturated heterocycles. The summed E-state index contributed by atoms with van der Waals surface area (Å²) in [5, 5.41) is 10.3. The van der Waals surface area contributed by atoms with Crippen LogP contribution in [-0.4, -0.2) is 47.7 Å². The van der Waals surface area contributed by atoms with Crippen molar-refractivity contribution in [2.45, 2.75) is 64.5 Å². The molecule has 3 atom stereocenters. The average molecular weight is 418 g/mol. The first kappa shape index (κ1) is 23.2. The first-order chi connectivity index (χ1) is 14.0. The molecule has 1 fully saturated rings. The SMILES string of the molecule is CCC#CC[C@H](C)[C@H](O)/C=C/[C@H]1CCC(=O)N1CCCc1ccc(C(=O)OC)s1. The van der Waals surface area contributed by atoms with Gasteiger partial charge in [0.15, 0.2) is 0 Å². The van der Waals surface area contributed by atoms with Crippen molar-refractivity contribution in [2.24, 2.45) is 5.92 Å². The zero-order valence-electron chi connectivity index (χ0n) is 17.5. The number of carbonyl (C=O) groups excluding carboxylic acids is 2. The van der Waals surface area contributed by atoms with Crippen LogP contribution in [0.25, 0.3) is 0 Å². The summed E-state index contributed by atoms with van der Waals surface area (Å²) in [6.45, 7) is 4.67. The smallest absolute Gasteiger partial charge is 0.348 e. The largest absolute Gasteiger partial charge is 0.465 e. The number of thiophene rings is 1. The van der Waals surface area contributed by atoms with E-state index in [9.17, 15) is 14.7 Å². The van der Waals surface area contributed by atoms with E-state index in [-0.39, 0.29) is 23.8 Å². The standard InChI is InChI=1S/C23H31NO4S/c1-4-5-6-8-17(2)20(25)13-10-18-11-15-22(26)24(18)16-7-9-19-12-14-21(29-19)23(27)28-3/h10,12-14,17-18,20,25H,4,7-9,11,15-16H2,1-3H3/b13-10+/t17-,18-,20+/m0/s1. The highest BCUT2D eigenvalue weighted by Crippen LogP contribution is 2.23. The van der Waals surface area contributed by atoms with Gasteiger partial charge in [0.2, 0.25) is 5.91 Å². The van der Waals surface area contributed by atoms with Gasteiger partial charge in [-0.2, -0.15) is 0 Å². The van der Waals surface area contributed by atoms with Crippen LogP contribution < -0.4 is 0 Å². The van der Waals surface area contributed by atoms with Gasteiger partial charge in [-0.3, -0.25) is 4.79 Å². The lowest BCUT2D eigenvalue weighted by molar-refractivity contribution is -0.128. The summed E-state index contributed by atoms with van der Waals surface area (Å²) in [6, 6.07) is 3.77. The molecule has 0 unspecified atom stereocenters. The number of esters is 1. The maximum atomic E-state index is 12.3. The molecule has 0 aromatic carbocycles. The Morgan fingerprint density at radius 1 is 1.45 bits per heavy atom. The molecule has 29 heavy (non-hydrogen) atoms. The van der Waals surface area contributed by atoms with Gasteiger partial charge in [0.1, 0.15) is 4.88 Å². The molecule has 0 aliphatic carbocycles. The summed E-state index contributed by atoms with van der Waals surface area (Å²) in [5.74, 6) is 6.03. The van der Waals surface area contributed by atoms with Crippen molar-refractivity contribution in [1.82, 2.24) is 4.90 Å².